The lowest BCUT2D eigenvalue weighted by atomic mass is 10.3. The maximum absolute atomic E-state index is 7.11. The van der Waals surface area contributed by atoms with Gasteiger partial charge in [-0.05, 0) is 6.08 Å². The molecule has 0 spiro atoms. The van der Waals surface area contributed by atoms with Crippen LogP contribution in [0.15, 0.2) is 27.3 Å². The second-order valence-corrected chi connectivity index (χ2v) is 1.91. The van der Waals surface area contributed by atoms with Crippen molar-refractivity contribution >= 4 is 23.6 Å². The van der Waals surface area contributed by atoms with E-state index in [1.165, 1.54) is 6.21 Å². The minimum atomic E-state index is 0.181. The Balaban J connectivity index is 2.51. The molecule has 0 amide bonds. The van der Waals surface area contributed by atoms with Gasteiger partial charge in [-0.3, -0.25) is 5.41 Å². The van der Waals surface area contributed by atoms with E-state index in [0.29, 0.717) is 11.5 Å². The predicted octanol–water partition coefficient (Wildman–Crippen LogP) is 0.415. The third kappa shape index (κ3) is 0.621. The maximum Gasteiger partial charge on any atom is 0.178 e. The first-order valence-electron chi connectivity index (χ1n) is 2.82. The highest BCUT2D eigenvalue weighted by atomic mass is 15.0. The summed E-state index contributed by atoms with van der Waals surface area (Å²) in [6.07, 6.45) is 4.75. The average molecular weight is 132 g/mol. The Morgan fingerprint density at radius 2 is 2.30 bits per heavy atom. The van der Waals surface area contributed by atoms with Crippen LogP contribution in [0.5, 0.6) is 0 Å². The van der Waals surface area contributed by atoms with Crippen molar-refractivity contribution < 1.29 is 0 Å². The monoisotopic (exact) mass is 132 g/mol. The van der Waals surface area contributed by atoms with Crippen molar-refractivity contribution in [3.05, 3.63) is 12.3 Å². The minimum absolute atomic E-state index is 0.181. The summed E-state index contributed by atoms with van der Waals surface area (Å²) >= 11 is 0. The van der Waals surface area contributed by atoms with Gasteiger partial charge in [0, 0.05) is 6.20 Å². The van der Waals surface area contributed by atoms with Gasteiger partial charge < -0.3 is 0 Å². The van der Waals surface area contributed by atoms with Crippen molar-refractivity contribution in [3.63, 3.8) is 0 Å². The maximum atomic E-state index is 7.11. The van der Waals surface area contributed by atoms with E-state index in [2.05, 4.69) is 15.0 Å². The zero-order chi connectivity index (χ0) is 6.97. The lowest BCUT2D eigenvalue weighted by Crippen LogP contribution is -2.15. The molecule has 0 saturated heterocycles. The SMILES string of the molecule is N=C1C=NC2=NC=CC2=N1. The van der Waals surface area contributed by atoms with Gasteiger partial charge in [-0.15, -0.1) is 0 Å². The van der Waals surface area contributed by atoms with E-state index >= 15 is 0 Å². The van der Waals surface area contributed by atoms with Gasteiger partial charge in [0.05, 0.1) is 6.21 Å². The molecular formula is C6H4N4. The molecule has 2 heterocycles. The van der Waals surface area contributed by atoms with Gasteiger partial charge in [0.1, 0.15) is 5.71 Å². The van der Waals surface area contributed by atoms with Crippen LogP contribution in [0.2, 0.25) is 0 Å². The smallest absolute Gasteiger partial charge is 0.178 e. The topological polar surface area (TPSA) is 60.9 Å². The highest BCUT2D eigenvalue weighted by Gasteiger charge is 2.12. The third-order valence-corrected chi connectivity index (χ3v) is 1.21. The molecule has 2 aliphatic heterocycles. The van der Waals surface area contributed by atoms with Crippen molar-refractivity contribution in [3.8, 4) is 0 Å². The van der Waals surface area contributed by atoms with Crippen LogP contribution in [0.4, 0.5) is 0 Å². The summed E-state index contributed by atoms with van der Waals surface area (Å²) in [6.45, 7) is 0. The van der Waals surface area contributed by atoms with Crippen molar-refractivity contribution in [1.82, 2.24) is 0 Å². The first kappa shape index (κ1) is 5.22. The molecule has 0 bridgehead atoms. The molecular weight excluding hydrogens is 128 g/mol. The number of amidine groups is 2. The molecule has 2 rings (SSSR count). The normalized spacial score (nSPS) is 20.6. The average Bonchev–Trinajstić information content (AvgIpc) is 2.33. The molecule has 2 aliphatic rings. The van der Waals surface area contributed by atoms with E-state index in [-0.39, 0.29) is 5.84 Å². The highest BCUT2D eigenvalue weighted by Crippen LogP contribution is 2.02. The van der Waals surface area contributed by atoms with Crippen molar-refractivity contribution in [2.75, 3.05) is 0 Å². The van der Waals surface area contributed by atoms with Gasteiger partial charge in [0.15, 0.2) is 11.7 Å². The Morgan fingerprint density at radius 1 is 1.40 bits per heavy atom. The quantitative estimate of drug-likeness (QED) is 0.496. The molecule has 10 heavy (non-hydrogen) atoms. The van der Waals surface area contributed by atoms with E-state index in [0.717, 1.165) is 0 Å². The summed E-state index contributed by atoms with van der Waals surface area (Å²) in [6, 6.07) is 0. The Hall–Kier alpha value is -1.58. The second-order valence-electron chi connectivity index (χ2n) is 1.91. The minimum Gasteiger partial charge on any atom is -0.282 e. The summed E-state index contributed by atoms with van der Waals surface area (Å²) < 4.78 is 0. The highest BCUT2D eigenvalue weighted by molar-refractivity contribution is 6.55. The molecule has 4 nitrogen and oxygen atoms in total. The number of hydrogen-bond acceptors (Lipinski definition) is 3. The third-order valence-electron chi connectivity index (χ3n) is 1.21. The summed E-state index contributed by atoms with van der Waals surface area (Å²) in [5.41, 5.74) is 0.688. The first-order valence-corrected chi connectivity index (χ1v) is 2.82. The predicted molar refractivity (Wildman–Crippen MR) is 40.2 cm³/mol. The molecule has 0 fully saturated rings. The number of fused-ring (bicyclic) bond motifs is 1. The van der Waals surface area contributed by atoms with Gasteiger partial charge in [-0.2, -0.15) is 0 Å². The van der Waals surface area contributed by atoms with Crippen LogP contribution in [0, 0.1) is 5.41 Å². The Morgan fingerprint density at radius 3 is 3.20 bits per heavy atom. The zero-order valence-electron chi connectivity index (χ0n) is 5.07. The summed E-state index contributed by atoms with van der Waals surface area (Å²) in [4.78, 5) is 11.7. The van der Waals surface area contributed by atoms with Crippen LogP contribution < -0.4 is 0 Å². The lowest BCUT2D eigenvalue weighted by molar-refractivity contribution is 1.47. The molecule has 0 aromatic heterocycles. The van der Waals surface area contributed by atoms with E-state index in [1.807, 2.05) is 0 Å². The molecule has 4 heteroatoms. The standard InChI is InChI=1S/C6H4N4/c7-5-3-9-6-4(10-5)1-2-8-6/h1-3,7H. The molecule has 48 valence electrons. The van der Waals surface area contributed by atoms with Crippen LogP contribution in [0.25, 0.3) is 0 Å². The van der Waals surface area contributed by atoms with Crippen LogP contribution >= 0.6 is 0 Å². The van der Waals surface area contributed by atoms with Gasteiger partial charge in [-0.25, -0.2) is 15.0 Å². The van der Waals surface area contributed by atoms with Crippen molar-refractivity contribution in [2.45, 2.75) is 0 Å². The number of nitrogens with one attached hydrogen (secondary N) is 1. The van der Waals surface area contributed by atoms with Gasteiger partial charge in [0.25, 0.3) is 0 Å². The number of nitrogens with zero attached hydrogens (tertiary/aromatic N) is 3. The van der Waals surface area contributed by atoms with Crippen LogP contribution in [-0.4, -0.2) is 23.6 Å². The van der Waals surface area contributed by atoms with Crippen LogP contribution in [0.3, 0.4) is 0 Å². The molecule has 0 radical (unpaired) electrons. The zero-order valence-corrected chi connectivity index (χ0v) is 5.07. The van der Waals surface area contributed by atoms with Gasteiger partial charge in [0.2, 0.25) is 0 Å². The Kier molecular flexibility index (Phi) is 0.887. The number of rotatable bonds is 0. The van der Waals surface area contributed by atoms with E-state index < -0.39 is 0 Å². The molecule has 0 saturated carbocycles. The number of hydrogen-bond donors (Lipinski definition) is 1. The van der Waals surface area contributed by atoms with Crippen LogP contribution in [0.1, 0.15) is 0 Å². The molecule has 0 atom stereocenters. The summed E-state index contributed by atoms with van der Waals surface area (Å²) in [5.74, 6) is 0.788. The summed E-state index contributed by atoms with van der Waals surface area (Å²) in [7, 11) is 0. The van der Waals surface area contributed by atoms with Gasteiger partial charge >= 0.3 is 0 Å². The molecule has 0 aromatic carbocycles. The molecule has 0 aliphatic carbocycles. The fourth-order valence-corrected chi connectivity index (χ4v) is 0.787. The fraction of sp³-hybridized carbons (Fsp3) is 0. The van der Waals surface area contributed by atoms with Crippen molar-refractivity contribution in [2.24, 2.45) is 15.0 Å². The molecule has 0 aromatic rings. The number of aliphatic imine (C=N–C) groups is 3. The largest absolute Gasteiger partial charge is 0.282 e. The van der Waals surface area contributed by atoms with Crippen LogP contribution in [-0.2, 0) is 0 Å². The Bertz CT molecular complexity index is 306. The van der Waals surface area contributed by atoms with Gasteiger partial charge in [-0.1, -0.05) is 0 Å². The van der Waals surface area contributed by atoms with E-state index in [4.69, 9.17) is 5.41 Å². The lowest BCUT2D eigenvalue weighted by Gasteiger charge is -1.99. The fourth-order valence-electron chi connectivity index (χ4n) is 0.787. The molecule has 1 N–H and O–H groups in total. The van der Waals surface area contributed by atoms with E-state index in [1.54, 1.807) is 12.3 Å². The van der Waals surface area contributed by atoms with Crippen molar-refractivity contribution in [1.29, 1.82) is 5.41 Å². The first-order chi connectivity index (χ1) is 4.86. The molecule has 0 unspecified atom stereocenters. The van der Waals surface area contributed by atoms with E-state index in [9.17, 15) is 0 Å². The summed E-state index contributed by atoms with van der Waals surface area (Å²) in [5, 5.41) is 7.11. The Labute approximate surface area is 57.2 Å². The second kappa shape index (κ2) is 1.70.